The smallest absolute Gasteiger partial charge is 0.304 e. The van der Waals surface area contributed by atoms with Crippen molar-refractivity contribution in [2.75, 3.05) is 19.6 Å². The standard InChI is InChI=1S/C11H16N2O3S/c14-10(8-12-5-4-11(15)16)13-6-3-9-2-1-7-17-9/h1-2,7,12H,3-6,8H2,(H,13,14)(H,15,16). The molecule has 1 amide bonds. The van der Waals surface area contributed by atoms with E-state index in [0.29, 0.717) is 13.1 Å². The monoisotopic (exact) mass is 256 g/mol. The molecule has 94 valence electrons. The van der Waals surface area contributed by atoms with E-state index in [1.54, 1.807) is 11.3 Å². The van der Waals surface area contributed by atoms with Crippen molar-refractivity contribution in [2.45, 2.75) is 12.8 Å². The Labute approximate surface area is 104 Å². The summed E-state index contributed by atoms with van der Waals surface area (Å²) in [5, 5.41) is 15.9. The van der Waals surface area contributed by atoms with Crippen molar-refractivity contribution in [1.29, 1.82) is 0 Å². The van der Waals surface area contributed by atoms with E-state index in [1.807, 2.05) is 17.5 Å². The van der Waals surface area contributed by atoms with E-state index in [4.69, 9.17) is 5.11 Å². The van der Waals surface area contributed by atoms with E-state index in [9.17, 15) is 9.59 Å². The van der Waals surface area contributed by atoms with Gasteiger partial charge in [0.25, 0.3) is 0 Å². The largest absolute Gasteiger partial charge is 0.481 e. The van der Waals surface area contributed by atoms with Crippen LogP contribution in [0.15, 0.2) is 17.5 Å². The minimum atomic E-state index is -0.865. The first kappa shape index (κ1) is 13.7. The second kappa shape index (κ2) is 7.81. The van der Waals surface area contributed by atoms with Crippen molar-refractivity contribution < 1.29 is 14.7 Å². The van der Waals surface area contributed by atoms with Gasteiger partial charge in [-0.25, -0.2) is 0 Å². The quantitative estimate of drug-likeness (QED) is 0.591. The molecular formula is C11H16N2O3S. The third kappa shape index (κ3) is 6.70. The highest BCUT2D eigenvalue weighted by Crippen LogP contribution is 2.07. The zero-order chi connectivity index (χ0) is 12.5. The van der Waals surface area contributed by atoms with Gasteiger partial charge < -0.3 is 15.7 Å². The zero-order valence-corrected chi connectivity index (χ0v) is 10.3. The summed E-state index contributed by atoms with van der Waals surface area (Å²) in [4.78, 5) is 22.7. The summed E-state index contributed by atoms with van der Waals surface area (Å²) in [6.07, 6.45) is 0.862. The SMILES string of the molecule is O=C(O)CCNCC(=O)NCCc1cccs1. The average Bonchev–Trinajstić information content (AvgIpc) is 2.77. The van der Waals surface area contributed by atoms with E-state index < -0.39 is 5.97 Å². The van der Waals surface area contributed by atoms with Crippen LogP contribution in [0.3, 0.4) is 0 Å². The molecule has 0 aliphatic rings. The predicted molar refractivity (Wildman–Crippen MR) is 66.2 cm³/mol. The molecule has 3 N–H and O–H groups in total. The van der Waals surface area contributed by atoms with E-state index in [2.05, 4.69) is 10.6 Å². The van der Waals surface area contributed by atoms with Gasteiger partial charge >= 0.3 is 5.97 Å². The van der Waals surface area contributed by atoms with Gasteiger partial charge in [-0.1, -0.05) is 6.07 Å². The Morgan fingerprint density at radius 2 is 2.18 bits per heavy atom. The molecule has 0 aliphatic carbocycles. The fourth-order valence-electron chi connectivity index (χ4n) is 1.24. The van der Waals surface area contributed by atoms with Crippen molar-refractivity contribution in [3.05, 3.63) is 22.4 Å². The lowest BCUT2D eigenvalue weighted by molar-refractivity contribution is -0.137. The lowest BCUT2D eigenvalue weighted by atomic mass is 10.3. The van der Waals surface area contributed by atoms with Gasteiger partial charge in [0, 0.05) is 18.0 Å². The molecule has 0 aliphatic heterocycles. The first-order valence-electron chi connectivity index (χ1n) is 5.40. The average molecular weight is 256 g/mol. The van der Waals surface area contributed by atoms with Crippen LogP contribution in [-0.2, 0) is 16.0 Å². The number of nitrogens with one attached hydrogen (secondary N) is 2. The predicted octanol–water partition coefficient (Wildman–Crippen LogP) is 0.471. The number of thiophene rings is 1. The van der Waals surface area contributed by atoms with Crippen LogP contribution in [0.5, 0.6) is 0 Å². The number of carboxylic acid groups (broad SMARTS) is 1. The Bertz CT molecular complexity index is 352. The number of hydrogen-bond acceptors (Lipinski definition) is 4. The summed E-state index contributed by atoms with van der Waals surface area (Å²) in [6, 6.07) is 4.01. The van der Waals surface area contributed by atoms with Crippen LogP contribution in [0.1, 0.15) is 11.3 Å². The molecule has 0 aromatic carbocycles. The summed E-state index contributed by atoms with van der Waals surface area (Å²) in [7, 11) is 0. The lowest BCUT2D eigenvalue weighted by Gasteiger charge is -2.05. The van der Waals surface area contributed by atoms with Gasteiger partial charge in [-0.2, -0.15) is 0 Å². The molecule has 0 spiro atoms. The van der Waals surface area contributed by atoms with Gasteiger partial charge in [-0.05, 0) is 17.9 Å². The molecular weight excluding hydrogens is 240 g/mol. The molecule has 1 aromatic rings. The molecule has 5 nitrogen and oxygen atoms in total. The second-order valence-corrected chi connectivity index (χ2v) is 4.53. The molecule has 0 fully saturated rings. The first-order valence-corrected chi connectivity index (χ1v) is 6.28. The molecule has 1 rings (SSSR count). The van der Waals surface area contributed by atoms with Gasteiger partial charge in [-0.3, -0.25) is 9.59 Å². The van der Waals surface area contributed by atoms with Gasteiger partial charge in [0.1, 0.15) is 0 Å². The Kier molecular flexibility index (Phi) is 6.27. The number of aliphatic carboxylic acids is 1. The van der Waals surface area contributed by atoms with Crippen LogP contribution in [0.2, 0.25) is 0 Å². The summed E-state index contributed by atoms with van der Waals surface area (Å²) in [5.74, 6) is -0.970. The highest BCUT2D eigenvalue weighted by atomic mass is 32.1. The number of hydrogen-bond donors (Lipinski definition) is 3. The van der Waals surface area contributed by atoms with Crippen LogP contribution in [-0.4, -0.2) is 36.6 Å². The molecule has 1 aromatic heterocycles. The normalized spacial score (nSPS) is 10.1. The van der Waals surface area contributed by atoms with E-state index >= 15 is 0 Å². The molecule has 17 heavy (non-hydrogen) atoms. The van der Waals surface area contributed by atoms with Crippen LogP contribution in [0.25, 0.3) is 0 Å². The van der Waals surface area contributed by atoms with Crippen molar-refractivity contribution in [1.82, 2.24) is 10.6 Å². The Hall–Kier alpha value is -1.40. The van der Waals surface area contributed by atoms with Crippen molar-refractivity contribution in [3.8, 4) is 0 Å². The van der Waals surface area contributed by atoms with Crippen molar-refractivity contribution >= 4 is 23.2 Å². The lowest BCUT2D eigenvalue weighted by Crippen LogP contribution is -2.35. The van der Waals surface area contributed by atoms with Gasteiger partial charge in [0.15, 0.2) is 0 Å². The Morgan fingerprint density at radius 1 is 1.35 bits per heavy atom. The zero-order valence-electron chi connectivity index (χ0n) is 9.44. The van der Waals surface area contributed by atoms with Crippen LogP contribution >= 0.6 is 11.3 Å². The third-order valence-corrected chi connectivity index (χ3v) is 3.01. The van der Waals surface area contributed by atoms with Gasteiger partial charge in [0.05, 0.1) is 13.0 Å². The van der Waals surface area contributed by atoms with Crippen molar-refractivity contribution in [2.24, 2.45) is 0 Å². The maximum absolute atomic E-state index is 11.3. The minimum Gasteiger partial charge on any atom is -0.481 e. The maximum Gasteiger partial charge on any atom is 0.304 e. The maximum atomic E-state index is 11.3. The van der Waals surface area contributed by atoms with Gasteiger partial charge in [0.2, 0.25) is 5.91 Å². The third-order valence-electron chi connectivity index (χ3n) is 2.07. The highest BCUT2D eigenvalue weighted by molar-refractivity contribution is 7.09. The van der Waals surface area contributed by atoms with Gasteiger partial charge in [-0.15, -0.1) is 11.3 Å². The molecule has 0 saturated heterocycles. The fraction of sp³-hybridized carbons (Fsp3) is 0.455. The highest BCUT2D eigenvalue weighted by Gasteiger charge is 2.01. The van der Waals surface area contributed by atoms with Crippen LogP contribution in [0, 0.1) is 0 Å². The van der Waals surface area contributed by atoms with E-state index in [1.165, 1.54) is 4.88 Å². The summed E-state index contributed by atoms with van der Waals surface area (Å²) in [6.45, 7) is 1.09. The number of rotatable bonds is 8. The summed E-state index contributed by atoms with van der Waals surface area (Å²) < 4.78 is 0. The minimum absolute atomic E-state index is 0.0302. The topological polar surface area (TPSA) is 78.4 Å². The molecule has 6 heteroatoms. The molecule has 0 radical (unpaired) electrons. The van der Waals surface area contributed by atoms with E-state index in [-0.39, 0.29) is 18.9 Å². The molecule has 0 atom stereocenters. The van der Waals surface area contributed by atoms with Crippen LogP contribution in [0.4, 0.5) is 0 Å². The number of amides is 1. The Balaban J connectivity index is 1.99. The number of carbonyl (C=O) groups is 2. The number of carboxylic acids is 1. The molecule has 1 heterocycles. The van der Waals surface area contributed by atoms with E-state index in [0.717, 1.165) is 6.42 Å². The summed E-state index contributed by atoms with van der Waals surface area (Å²) in [5.41, 5.74) is 0. The molecule has 0 bridgehead atoms. The summed E-state index contributed by atoms with van der Waals surface area (Å²) >= 11 is 1.67. The van der Waals surface area contributed by atoms with Crippen LogP contribution < -0.4 is 10.6 Å². The number of carbonyl (C=O) groups excluding carboxylic acids is 1. The first-order chi connectivity index (χ1) is 8.18. The fourth-order valence-corrected chi connectivity index (χ4v) is 1.95. The molecule has 0 saturated carbocycles. The Morgan fingerprint density at radius 3 is 2.82 bits per heavy atom. The van der Waals surface area contributed by atoms with Crippen molar-refractivity contribution in [3.63, 3.8) is 0 Å². The second-order valence-electron chi connectivity index (χ2n) is 3.50. The molecule has 0 unspecified atom stereocenters.